The molecule has 19 heavy (non-hydrogen) atoms. The molecule has 1 fully saturated rings. The molecular weight excluding hydrogens is 236 g/mol. The fraction of sp³-hybridized carbons (Fsp3) is 0.562. The van der Waals surface area contributed by atoms with Crippen molar-refractivity contribution in [3.05, 3.63) is 35.4 Å². The molecule has 1 atom stereocenters. The average Bonchev–Trinajstić information content (AvgIpc) is 3.19. The number of benzene rings is 1. The van der Waals surface area contributed by atoms with Gasteiger partial charge in [-0.1, -0.05) is 29.8 Å². The van der Waals surface area contributed by atoms with Gasteiger partial charge in [-0.25, -0.2) is 0 Å². The van der Waals surface area contributed by atoms with Crippen LogP contribution in [0.15, 0.2) is 24.3 Å². The Bertz CT molecular complexity index is 409. The lowest BCUT2D eigenvalue weighted by Crippen LogP contribution is -2.27. The Kier molecular flexibility index (Phi) is 4.97. The van der Waals surface area contributed by atoms with Crippen molar-refractivity contribution in [2.24, 2.45) is 0 Å². The number of carbonyl (C=O) groups excluding carboxylic acids is 1. The number of hydrogen-bond donors (Lipinski definition) is 2. The molecule has 2 N–H and O–H groups in total. The molecule has 104 valence electrons. The van der Waals surface area contributed by atoms with E-state index in [0.29, 0.717) is 18.5 Å². The molecule has 0 heterocycles. The smallest absolute Gasteiger partial charge is 0.220 e. The summed E-state index contributed by atoms with van der Waals surface area (Å²) in [6, 6.07) is 9.41. The van der Waals surface area contributed by atoms with Gasteiger partial charge in [0.25, 0.3) is 0 Å². The maximum Gasteiger partial charge on any atom is 0.220 e. The summed E-state index contributed by atoms with van der Waals surface area (Å²) >= 11 is 0. The molecule has 1 aromatic carbocycles. The van der Waals surface area contributed by atoms with Crippen LogP contribution in [0, 0.1) is 6.92 Å². The van der Waals surface area contributed by atoms with Crippen molar-refractivity contribution >= 4 is 5.91 Å². The first-order chi connectivity index (χ1) is 9.15. The standard InChI is InChI=1S/C16H24N2O/c1-12-5-7-14(8-6-12)13(2)17-11-3-4-16(19)18-15-9-10-15/h5-8,13,15,17H,3-4,9-11H2,1-2H3,(H,18,19). The van der Waals surface area contributed by atoms with Gasteiger partial charge in [-0.15, -0.1) is 0 Å². The fourth-order valence-corrected chi connectivity index (χ4v) is 2.07. The summed E-state index contributed by atoms with van der Waals surface area (Å²) in [7, 11) is 0. The number of amides is 1. The Labute approximate surface area is 115 Å². The van der Waals surface area contributed by atoms with E-state index in [9.17, 15) is 4.79 Å². The highest BCUT2D eigenvalue weighted by atomic mass is 16.1. The third-order valence-electron chi connectivity index (χ3n) is 3.55. The molecule has 1 amide bonds. The van der Waals surface area contributed by atoms with Crippen molar-refractivity contribution in [3.8, 4) is 0 Å². The van der Waals surface area contributed by atoms with Crippen LogP contribution < -0.4 is 10.6 Å². The van der Waals surface area contributed by atoms with Gasteiger partial charge in [0, 0.05) is 18.5 Å². The summed E-state index contributed by atoms with van der Waals surface area (Å²) in [6.45, 7) is 5.14. The molecule has 1 saturated carbocycles. The Balaban J connectivity index is 1.61. The minimum absolute atomic E-state index is 0.201. The number of carbonyl (C=O) groups is 1. The molecule has 1 aromatic rings. The van der Waals surface area contributed by atoms with Crippen LogP contribution in [0.1, 0.15) is 49.8 Å². The fourth-order valence-electron chi connectivity index (χ4n) is 2.07. The molecule has 1 aliphatic carbocycles. The van der Waals surface area contributed by atoms with Crippen molar-refractivity contribution in [1.82, 2.24) is 10.6 Å². The first-order valence-corrected chi connectivity index (χ1v) is 7.24. The molecule has 0 spiro atoms. The van der Waals surface area contributed by atoms with Gasteiger partial charge in [-0.05, 0) is 45.2 Å². The molecule has 2 rings (SSSR count). The number of rotatable bonds is 7. The monoisotopic (exact) mass is 260 g/mol. The highest BCUT2D eigenvalue weighted by Gasteiger charge is 2.22. The van der Waals surface area contributed by atoms with Crippen LogP contribution in [0.3, 0.4) is 0 Å². The van der Waals surface area contributed by atoms with E-state index in [-0.39, 0.29) is 5.91 Å². The van der Waals surface area contributed by atoms with Crippen LogP contribution in [-0.4, -0.2) is 18.5 Å². The van der Waals surface area contributed by atoms with Gasteiger partial charge in [-0.3, -0.25) is 4.79 Å². The summed E-state index contributed by atoms with van der Waals surface area (Å²) in [4.78, 5) is 11.5. The molecule has 3 heteroatoms. The minimum atomic E-state index is 0.201. The summed E-state index contributed by atoms with van der Waals surface area (Å²) in [5.41, 5.74) is 2.58. The predicted molar refractivity (Wildman–Crippen MR) is 78.0 cm³/mol. The Morgan fingerprint density at radius 3 is 2.63 bits per heavy atom. The highest BCUT2D eigenvalue weighted by Crippen LogP contribution is 2.18. The van der Waals surface area contributed by atoms with E-state index in [2.05, 4.69) is 48.7 Å². The molecule has 3 nitrogen and oxygen atoms in total. The van der Waals surface area contributed by atoms with Crippen molar-refractivity contribution in [2.75, 3.05) is 6.54 Å². The zero-order valence-electron chi connectivity index (χ0n) is 11.9. The Morgan fingerprint density at radius 2 is 2.00 bits per heavy atom. The van der Waals surface area contributed by atoms with Crippen LogP contribution in [0.5, 0.6) is 0 Å². The van der Waals surface area contributed by atoms with Crippen molar-refractivity contribution in [1.29, 1.82) is 0 Å². The predicted octanol–water partition coefficient (Wildman–Crippen LogP) is 2.70. The van der Waals surface area contributed by atoms with Gasteiger partial charge in [0.05, 0.1) is 0 Å². The summed E-state index contributed by atoms with van der Waals surface area (Å²) in [6.07, 6.45) is 3.85. The van der Waals surface area contributed by atoms with E-state index < -0.39 is 0 Å². The first-order valence-electron chi connectivity index (χ1n) is 7.24. The largest absolute Gasteiger partial charge is 0.353 e. The maximum atomic E-state index is 11.5. The number of nitrogens with one attached hydrogen (secondary N) is 2. The summed E-state index contributed by atoms with van der Waals surface area (Å²) in [5.74, 6) is 0.201. The van der Waals surface area contributed by atoms with Crippen molar-refractivity contribution < 1.29 is 4.79 Å². The van der Waals surface area contributed by atoms with E-state index in [1.54, 1.807) is 0 Å². The normalized spacial score (nSPS) is 16.1. The molecule has 1 unspecified atom stereocenters. The topological polar surface area (TPSA) is 41.1 Å². The Morgan fingerprint density at radius 1 is 1.32 bits per heavy atom. The molecule has 0 radical (unpaired) electrons. The van der Waals surface area contributed by atoms with E-state index in [1.165, 1.54) is 11.1 Å². The van der Waals surface area contributed by atoms with Gasteiger partial charge < -0.3 is 10.6 Å². The third kappa shape index (κ3) is 5.03. The third-order valence-corrected chi connectivity index (χ3v) is 3.55. The van der Waals surface area contributed by atoms with E-state index in [0.717, 1.165) is 25.8 Å². The average molecular weight is 260 g/mol. The van der Waals surface area contributed by atoms with Crippen LogP contribution >= 0.6 is 0 Å². The molecular formula is C16H24N2O. The number of aryl methyl sites for hydroxylation is 1. The SMILES string of the molecule is Cc1ccc(C(C)NCCCC(=O)NC2CC2)cc1. The lowest BCUT2D eigenvalue weighted by Gasteiger charge is -2.14. The van der Waals surface area contributed by atoms with Crippen LogP contribution in [0.2, 0.25) is 0 Å². The molecule has 0 bridgehead atoms. The lowest BCUT2D eigenvalue weighted by molar-refractivity contribution is -0.121. The first kappa shape index (κ1) is 14.1. The molecule has 0 saturated heterocycles. The second-order valence-electron chi connectivity index (χ2n) is 5.53. The van der Waals surface area contributed by atoms with Gasteiger partial charge in [0.1, 0.15) is 0 Å². The zero-order chi connectivity index (χ0) is 13.7. The van der Waals surface area contributed by atoms with Crippen LogP contribution in [0.4, 0.5) is 0 Å². The van der Waals surface area contributed by atoms with Gasteiger partial charge in [0.2, 0.25) is 5.91 Å². The maximum absolute atomic E-state index is 11.5. The minimum Gasteiger partial charge on any atom is -0.353 e. The quantitative estimate of drug-likeness (QED) is 0.740. The zero-order valence-corrected chi connectivity index (χ0v) is 11.9. The van der Waals surface area contributed by atoms with Crippen molar-refractivity contribution in [3.63, 3.8) is 0 Å². The van der Waals surface area contributed by atoms with Crippen LogP contribution in [-0.2, 0) is 4.79 Å². The van der Waals surface area contributed by atoms with Gasteiger partial charge in [0.15, 0.2) is 0 Å². The molecule has 0 aliphatic heterocycles. The second kappa shape index (κ2) is 6.71. The second-order valence-corrected chi connectivity index (χ2v) is 5.53. The Hall–Kier alpha value is -1.35. The molecule has 0 aromatic heterocycles. The summed E-state index contributed by atoms with van der Waals surface area (Å²) in [5, 5.41) is 6.48. The number of hydrogen-bond acceptors (Lipinski definition) is 2. The molecule has 1 aliphatic rings. The summed E-state index contributed by atoms with van der Waals surface area (Å²) < 4.78 is 0. The highest BCUT2D eigenvalue weighted by molar-refractivity contribution is 5.76. The van der Waals surface area contributed by atoms with E-state index in [1.807, 2.05) is 0 Å². The lowest BCUT2D eigenvalue weighted by atomic mass is 10.1. The van der Waals surface area contributed by atoms with Gasteiger partial charge in [-0.2, -0.15) is 0 Å². The van der Waals surface area contributed by atoms with Crippen LogP contribution in [0.25, 0.3) is 0 Å². The van der Waals surface area contributed by atoms with E-state index in [4.69, 9.17) is 0 Å². The van der Waals surface area contributed by atoms with Crippen molar-refractivity contribution in [2.45, 2.75) is 51.6 Å². The van der Waals surface area contributed by atoms with E-state index >= 15 is 0 Å². The van der Waals surface area contributed by atoms with Gasteiger partial charge >= 0.3 is 0 Å².